The van der Waals surface area contributed by atoms with Crippen molar-refractivity contribution in [2.75, 3.05) is 6.61 Å². The van der Waals surface area contributed by atoms with Crippen molar-refractivity contribution in [2.24, 2.45) is 5.16 Å². The second-order valence-electron chi connectivity index (χ2n) is 8.12. The van der Waals surface area contributed by atoms with Crippen LogP contribution in [0.25, 0.3) is 6.08 Å². The zero-order valence-electron chi connectivity index (χ0n) is 18.6. The Morgan fingerprint density at radius 2 is 1.61 bits per heavy atom. The molecule has 3 aromatic rings. The highest BCUT2D eigenvalue weighted by Gasteiger charge is 2.18. The third kappa shape index (κ3) is 5.89. The third-order valence-electron chi connectivity index (χ3n) is 5.58. The van der Waals surface area contributed by atoms with Gasteiger partial charge >= 0.3 is 5.97 Å². The van der Waals surface area contributed by atoms with E-state index < -0.39 is 5.97 Å². The number of hydrogen-bond acceptors (Lipinski definition) is 4. The summed E-state index contributed by atoms with van der Waals surface area (Å²) >= 11 is 0. The largest absolute Gasteiger partial charge is 0.482 e. The summed E-state index contributed by atoms with van der Waals surface area (Å²) in [5.74, 6) is -0.330. The molecule has 0 heterocycles. The molecule has 3 aromatic carbocycles. The van der Waals surface area contributed by atoms with Gasteiger partial charge in [0.1, 0.15) is 5.75 Å². The molecular formula is C28H27NO4. The Balaban J connectivity index is 1.48. The molecule has 33 heavy (non-hydrogen) atoms. The number of rotatable bonds is 9. The fourth-order valence-electron chi connectivity index (χ4n) is 4.05. The minimum Gasteiger partial charge on any atom is -0.482 e. The Hall–Kier alpha value is -3.86. The number of carbonyl (C=O) groups is 1. The van der Waals surface area contributed by atoms with Crippen LogP contribution in [0.5, 0.6) is 5.75 Å². The number of hydrogen-bond donors (Lipinski definition) is 1. The van der Waals surface area contributed by atoms with Gasteiger partial charge in [-0.25, -0.2) is 4.79 Å². The molecule has 1 aliphatic carbocycles. The first-order valence-electron chi connectivity index (χ1n) is 11.1. The summed E-state index contributed by atoms with van der Waals surface area (Å²) in [6.07, 6.45) is 4.28. The molecule has 1 aliphatic rings. The molecule has 0 unspecified atom stereocenters. The summed E-state index contributed by atoms with van der Waals surface area (Å²) < 4.78 is 5.46. The number of benzene rings is 3. The Morgan fingerprint density at radius 1 is 0.939 bits per heavy atom. The lowest BCUT2D eigenvalue weighted by molar-refractivity contribution is -0.139. The van der Waals surface area contributed by atoms with Crippen LogP contribution in [-0.4, -0.2) is 23.4 Å². The van der Waals surface area contributed by atoms with E-state index >= 15 is 0 Å². The van der Waals surface area contributed by atoms with Crippen molar-refractivity contribution >= 4 is 17.8 Å². The molecule has 0 saturated heterocycles. The maximum Gasteiger partial charge on any atom is 0.341 e. The number of ether oxygens (including phenoxy) is 1. The number of oxime groups is 1. The van der Waals surface area contributed by atoms with E-state index in [9.17, 15) is 4.79 Å². The summed E-state index contributed by atoms with van der Waals surface area (Å²) in [6, 6.07) is 25.9. The standard InChI is InChI=1S/C28H27NO4/c1-20(29-33-28(22-9-4-2-5-10-22)23-11-6-3-7-12-23)17-21-15-16-25-24(18-21)13-8-14-26(25)32-19-27(30)31/h2-14,18,28H,15-17,19H2,1H3,(H,30,31). The molecule has 5 heteroatoms. The van der Waals surface area contributed by atoms with E-state index in [1.807, 2.05) is 85.8 Å². The molecule has 0 bridgehead atoms. The molecule has 0 radical (unpaired) electrons. The molecule has 0 saturated carbocycles. The van der Waals surface area contributed by atoms with Gasteiger partial charge in [-0.1, -0.05) is 89.6 Å². The number of aliphatic carboxylic acids is 1. The molecule has 1 N–H and O–H groups in total. The second-order valence-corrected chi connectivity index (χ2v) is 8.12. The van der Waals surface area contributed by atoms with Crippen molar-refractivity contribution in [3.63, 3.8) is 0 Å². The molecule has 0 aromatic heterocycles. The summed E-state index contributed by atoms with van der Waals surface area (Å²) in [4.78, 5) is 16.9. The van der Waals surface area contributed by atoms with Crippen molar-refractivity contribution in [2.45, 2.75) is 32.3 Å². The fraction of sp³-hybridized carbons (Fsp3) is 0.214. The van der Waals surface area contributed by atoms with Crippen LogP contribution in [-0.2, 0) is 16.1 Å². The SMILES string of the molecule is CC(CC1=Cc2cccc(OCC(=O)O)c2CC1)=NOC(c1ccccc1)c1ccccc1. The van der Waals surface area contributed by atoms with Gasteiger partial charge in [-0.15, -0.1) is 0 Å². The summed E-state index contributed by atoms with van der Waals surface area (Å²) in [7, 11) is 0. The van der Waals surface area contributed by atoms with Crippen molar-refractivity contribution in [1.82, 2.24) is 0 Å². The first-order chi connectivity index (χ1) is 16.1. The average molecular weight is 442 g/mol. The molecule has 4 rings (SSSR count). The average Bonchev–Trinajstić information content (AvgIpc) is 2.84. The summed E-state index contributed by atoms with van der Waals surface area (Å²) in [5, 5.41) is 13.4. The van der Waals surface area contributed by atoms with Crippen LogP contribution in [0.1, 0.15) is 48.1 Å². The maximum atomic E-state index is 10.8. The van der Waals surface area contributed by atoms with Crippen LogP contribution in [0.15, 0.2) is 89.6 Å². The second kappa shape index (κ2) is 10.6. The van der Waals surface area contributed by atoms with E-state index in [1.54, 1.807) is 0 Å². The van der Waals surface area contributed by atoms with Crippen molar-refractivity contribution in [1.29, 1.82) is 0 Å². The van der Waals surface area contributed by atoms with Gasteiger partial charge in [-0.2, -0.15) is 0 Å². The Bertz CT molecular complexity index is 1110. The van der Waals surface area contributed by atoms with Crippen molar-refractivity contribution in [3.05, 3.63) is 107 Å². The molecule has 0 atom stereocenters. The van der Waals surface area contributed by atoms with E-state index in [4.69, 9.17) is 14.7 Å². The first-order valence-corrected chi connectivity index (χ1v) is 11.1. The van der Waals surface area contributed by atoms with E-state index in [0.717, 1.165) is 47.2 Å². The molecule has 0 fully saturated rings. The number of carboxylic acid groups (broad SMARTS) is 1. The Labute approximate surface area is 194 Å². The highest BCUT2D eigenvalue weighted by Crippen LogP contribution is 2.33. The normalized spacial score (nSPS) is 13.3. The van der Waals surface area contributed by atoms with Gasteiger partial charge in [-0.05, 0) is 42.5 Å². The van der Waals surface area contributed by atoms with Gasteiger partial charge in [0.25, 0.3) is 0 Å². The number of carboxylic acids is 1. The zero-order chi connectivity index (χ0) is 23.0. The Kier molecular flexibility index (Phi) is 7.20. The van der Waals surface area contributed by atoms with Crippen LogP contribution in [0.4, 0.5) is 0 Å². The highest BCUT2D eigenvalue weighted by molar-refractivity contribution is 5.85. The zero-order valence-corrected chi connectivity index (χ0v) is 18.6. The monoisotopic (exact) mass is 441 g/mol. The van der Waals surface area contributed by atoms with Gasteiger partial charge in [-0.3, -0.25) is 0 Å². The predicted molar refractivity (Wildman–Crippen MR) is 129 cm³/mol. The van der Waals surface area contributed by atoms with Crippen molar-refractivity contribution in [3.8, 4) is 5.75 Å². The van der Waals surface area contributed by atoms with Gasteiger partial charge in [0.05, 0.1) is 5.71 Å². The minimum absolute atomic E-state index is 0.266. The van der Waals surface area contributed by atoms with Crippen LogP contribution in [0.3, 0.4) is 0 Å². The number of allylic oxidation sites excluding steroid dienone is 1. The summed E-state index contributed by atoms with van der Waals surface area (Å²) in [5.41, 5.74) is 6.40. The molecule has 168 valence electrons. The maximum absolute atomic E-state index is 10.8. The van der Waals surface area contributed by atoms with Gasteiger partial charge in [0.2, 0.25) is 0 Å². The predicted octanol–water partition coefficient (Wildman–Crippen LogP) is 6.05. The van der Waals surface area contributed by atoms with Gasteiger partial charge in [0, 0.05) is 12.0 Å². The fourth-order valence-corrected chi connectivity index (χ4v) is 4.05. The number of fused-ring (bicyclic) bond motifs is 1. The van der Waals surface area contributed by atoms with Crippen LogP contribution in [0.2, 0.25) is 0 Å². The lowest BCUT2D eigenvalue weighted by Crippen LogP contribution is -2.12. The van der Waals surface area contributed by atoms with E-state index in [0.29, 0.717) is 5.75 Å². The minimum atomic E-state index is -0.976. The van der Waals surface area contributed by atoms with Gasteiger partial charge < -0.3 is 14.7 Å². The molecular weight excluding hydrogens is 414 g/mol. The topological polar surface area (TPSA) is 68.1 Å². The first kappa shape index (κ1) is 22.3. The van der Waals surface area contributed by atoms with Crippen LogP contribution >= 0.6 is 0 Å². The number of nitrogens with zero attached hydrogens (tertiary/aromatic N) is 1. The van der Waals surface area contributed by atoms with Crippen molar-refractivity contribution < 1.29 is 19.5 Å². The highest BCUT2D eigenvalue weighted by atomic mass is 16.6. The van der Waals surface area contributed by atoms with E-state index in [1.165, 1.54) is 5.57 Å². The lowest BCUT2D eigenvalue weighted by atomic mass is 9.89. The van der Waals surface area contributed by atoms with Crippen LogP contribution in [0, 0.1) is 0 Å². The molecule has 5 nitrogen and oxygen atoms in total. The third-order valence-corrected chi connectivity index (χ3v) is 5.58. The summed E-state index contributed by atoms with van der Waals surface area (Å²) in [6.45, 7) is 1.65. The molecule has 0 aliphatic heterocycles. The Morgan fingerprint density at radius 3 is 2.24 bits per heavy atom. The molecule has 0 amide bonds. The smallest absolute Gasteiger partial charge is 0.341 e. The van der Waals surface area contributed by atoms with E-state index in [2.05, 4.69) is 11.2 Å². The quantitative estimate of drug-likeness (QED) is 0.324. The van der Waals surface area contributed by atoms with Gasteiger partial charge in [0.15, 0.2) is 12.7 Å². The van der Waals surface area contributed by atoms with E-state index in [-0.39, 0.29) is 12.7 Å². The molecule has 0 spiro atoms. The van der Waals surface area contributed by atoms with Crippen LogP contribution < -0.4 is 4.74 Å². The lowest BCUT2D eigenvalue weighted by Gasteiger charge is -2.20.